The number of methoxy groups -OCH3 is 1. The van der Waals surface area contributed by atoms with Crippen LogP contribution in [0.25, 0.3) is 0 Å². The van der Waals surface area contributed by atoms with Crippen molar-refractivity contribution in [3.8, 4) is 0 Å². The van der Waals surface area contributed by atoms with Gasteiger partial charge in [0.15, 0.2) is 0 Å². The Hall–Kier alpha value is -3.06. The molecule has 0 aliphatic rings. The molecule has 0 heterocycles. The smallest absolute Gasteiger partial charge is 0.338 e. The first-order valence-electron chi connectivity index (χ1n) is 10.4. The standard InChI is InChI=1S/C26H27FO5/c1-29-23(19-32-26(28)22-15-9-4-10-16-22)24(30-17-20-11-5-2-6-12-20)25(27)31-18-21-13-7-3-8-14-21/h2-16,23-25H,17-19H2,1H3/t23-,24+,25-/m1/s1. The van der Waals surface area contributed by atoms with Crippen molar-refractivity contribution in [1.29, 1.82) is 0 Å². The van der Waals surface area contributed by atoms with E-state index in [1.807, 2.05) is 60.7 Å². The second-order valence-corrected chi connectivity index (χ2v) is 7.15. The normalized spacial score (nSPS) is 13.8. The predicted molar refractivity (Wildman–Crippen MR) is 119 cm³/mol. The predicted octanol–water partition coefficient (Wildman–Crippen LogP) is 4.96. The van der Waals surface area contributed by atoms with Crippen LogP contribution in [0, 0.1) is 0 Å². The van der Waals surface area contributed by atoms with E-state index in [9.17, 15) is 4.79 Å². The van der Waals surface area contributed by atoms with Crippen molar-refractivity contribution in [2.45, 2.75) is 31.8 Å². The van der Waals surface area contributed by atoms with E-state index < -0.39 is 24.5 Å². The van der Waals surface area contributed by atoms with Gasteiger partial charge in [-0.05, 0) is 23.3 Å². The Morgan fingerprint density at radius 3 is 1.81 bits per heavy atom. The van der Waals surface area contributed by atoms with Crippen molar-refractivity contribution < 1.29 is 28.1 Å². The van der Waals surface area contributed by atoms with Crippen LogP contribution in [0.2, 0.25) is 0 Å². The molecule has 0 saturated carbocycles. The third kappa shape index (κ3) is 7.27. The lowest BCUT2D eigenvalue weighted by molar-refractivity contribution is -0.191. The first kappa shape index (κ1) is 23.6. The van der Waals surface area contributed by atoms with Crippen LogP contribution in [0.4, 0.5) is 4.39 Å². The summed E-state index contributed by atoms with van der Waals surface area (Å²) in [7, 11) is 1.42. The molecule has 0 amide bonds. The van der Waals surface area contributed by atoms with Crippen molar-refractivity contribution in [3.63, 3.8) is 0 Å². The molecule has 0 aliphatic carbocycles. The largest absolute Gasteiger partial charge is 0.459 e. The van der Waals surface area contributed by atoms with Gasteiger partial charge in [0, 0.05) is 7.11 Å². The molecule has 3 aromatic rings. The second kappa shape index (κ2) is 12.7. The molecule has 3 atom stereocenters. The number of hydrogen-bond donors (Lipinski definition) is 0. The van der Waals surface area contributed by atoms with E-state index in [0.29, 0.717) is 5.56 Å². The van der Waals surface area contributed by atoms with Gasteiger partial charge in [-0.15, -0.1) is 0 Å². The zero-order valence-electron chi connectivity index (χ0n) is 17.9. The molecule has 0 spiro atoms. The van der Waals surface area contributed by atoms with Crippen molar-refractivity contribution in [2.24, 2.45) is 0 Å². The molecular weight excluding hydrogens is 411 g/mol. The van der Waals surface area contributed by atoms with Gasteiger partial charge in [0.1, 0.15) is 18.8 Å². The summed E-state index contributed by atoms with van der Waals surface area (Å²) in [5.74, 6) is -0.518. The Labute approximate surface area is 187 Å². The molecule has 3 rings (SSSR count). The number of carbonyl (C=O) groups is 1. The highest BCUT2D eigenvalue weighted by molar-refractivity contribution is 5.89. The fraction of sp³-hybridized carbons (Fsp3) is 0.269. The first-order valence-corrected chi connectivity index (χ1v) is 10.4. The van der Waals surface area contributed by atoms with E-state index in [1.54, 1.807) is 30.3 Å². The molecule has 5 nitrogen and oxygen atoms in total. The van der Waals surface area contributed by atoms with Gasteiger partial charge in [0.25, 0.3) is 0 Å². The van der Waals surface area contributed by atoms with Gasteiger partial charge in [-0.1, -0.05) is 78.9 Å². The third-order valence-electron chi connectivity index (χ3n) is 4.85. The Kier molecular flexibility index (Phi) is 9.37. The van der Waals surface area contributed by atoms with Gasteiger partial charge >= 0.3 is 5.97 Å². The Bertz CT molecular complexity index is 921. The number of rotatable bonds is 12. The molecular formula is C26H27FO5. The minimum Gasteiger partial charge on any atom is -0.459 e. The van der Waals surface area contributed by atoms with Crippen molar-refractivity contribution >= 4 is 5.97 Å². The van der Waals surface area contributed by atoms with Gasteiger partial charge in [-0.2, -0.15) is 0 Å². The van der Waals surface area contributed by atoms with E-state index in [-0.39, 0.29) is 19.8 Å². The average molecular weight is 438 g/mol. The summed E-state index contributed by atoms with van der Waals surface area (Å²) < 4.78 is 37.3. The lowest BCUT2D eigenvalue weighted by Gasteiger charge is -2.28. The summed E-state index contributed by atoms with van der Waals surface area (Å²) in [6.45, 7) is 0.0549. The zero-order chi connectivity index (χ0) is 22.6. The van der Waals surface area contributed by atoms with Crippen LogP contribution in [-0.4, -0.2) is 38.3 Å². The van der Waals surface area contributed by atoms with Gasteiger partial charge in [-0.25, -0.2) is 9.18 Å². The quantitative estimate of drug-likeness (QED) is 0.374. The van der Waals surface area contributed by atoms with Crippen LogP contribution in [0.1, 0.15) is 21.5 Å². The molecule has 0 saturated heterocycles. The minimum absolute atomic E-state index is 0.0768. The molecule has 0 aromatic heterocycles. The molecule has 0 radical (unpaired) electrons. The highest BCUT2D eigenvalue weighted by Gasteiger charge is 2.33. The number of benzene rings is 3. The molecule has 32 heavy (non-hydrogen) atoms. The molecule has 0 fully saturated rings. The molecule has 3 aromatic carbocycles. The van der Waals surface area contributed by atoms with Crippen LogP contribution in [0.3, 0.4) is 0 Å². The summed E-state index contributed by atoms with van der Waals surface area (Å²) in [4.78, 5) is 12.3. The van der Waals surface area contributed by atoms with Gasteiger partial charge in [0.05, 0.1) is 18.8 Å². The van der Waals surface area contributed by atoms with E-state index in [0.717, 1.165) is 11.1 Å². The van der Waals surface area contributed by atoms with Gasteiger partial charge in [-0.3, -0.25) is 0 Å². The highest BCUT2D eigenvalue weighted by atomic mass is 19.1. The fourth-order valence-electron chi connectivity index (χ4n) is 3.08. The molecule has 168 valence electrons. The maximum absolute atomic E-state index is 15.2. The van der Waals surface area contributed by atoms with E-state index >= 15 is 4.39 Å². The Morgan fingerprint density at radius 1 is 0.781 bits per heavy atom. The molecule has 6 heteroatoms. The van der Waals surface area contributed by atoms with Crippen molar-refractivity contribution in [1.82, 2.24) is 0 Å². The number of halogens is 1. The lowest BCUT2D eigenvalue weighted by atomic mass is 10.2. The first-order chi connectivity index (χ1) is 15.7. The minimum atomic E-state index is -1.79. The van der Waals surface area contributed by atoms with Crippen LogP contribution >= 0.6 is 0 Å². The number of esters is 1. The highest BCUT2D eigenvalue weighted by Crippen LogP contribution is 2.18. The van der Waals surface area contributed by atoms with Crippen LogP contribution in [0.5, 0.6) is 0 Å². The third-order valence-corrected chi connectivity index (χ3v) is 4.85. The van der Waals surface area contributed by atoms with Crippen LogP contribution in [0.15, 0.2) is 91.0 Å². The Balaban J connectivity index is 1.65. The topological polar surface area (TPSA) is 54.0 Å². The summed E-state index contributed by atoms with van der Waals surface area (Å²) in [6.07, 6.45) is -3.76. The van der Waals surface area contributed by atoms with E-state index in [4.69, 9.17) is 18.9 Å². The maximum Gasteiger partial charge on any atom is 0.338 e. The van der Waals surface area contributed by atoms with E-state index in [2.05, 4.69) is 0 Å². The number of carbonyl (C=O) groups excluding carboxylic acids is 1. The van der Waals surface area contributed by atoms with Crippen molar-refractivity contribution in [2.75, 3.05) is 13.7 Å². The summed E-state index contributed by atoms with van der Waals surface area (Å²) in [5.41, 5.74) is 2.12. The zero-order valence-corrected chi connectivity index (χ0v) is 17.9. The molecule has 0 bridgehead atoms. The lowest BCUT2D eigenvalue weighted by Crippen LogP contribution is -2.43. The fourth-order valence-corrected chi connectivity index (χ4v) is 3.08. The summed E-state index contributed by atoms with van der Waals surface area (Å²) in [6, 6.07) is 27.3. The monoisotopic (exact) mass is 438 g/mol. The summed E-state index contributed by atoms with van der Waals surface area (Å²) in [5, 5.41) is 0. The van der Waals surface area contributed by atoms with Crippen LogP contribution < -0.4 is 0 Å². The molecule has 0 N–H and O–H groups in total. The number of ether oxygens (including phenoxy) is 4. The molecule has 0 unspecified atom stereocenters. The summed E-state index contributed by atoms with van der Waals surface area (Å²) >= 11 is 0. The number of hydrogen-bond acceptors (Lipinski definition) is 5. The van der Waals surface area contributed by atoms with Gasteiger partial charge in [0.2, 0.25) is 6.36 Å². The average Bonchev–Trinajstić information content (AvgIpc) is 2.86. The maximum atomic E-state index is 15.2. The second-order valence-electron chi connectivity index (χ2n) is 7.15. The molecule has 0 aliphatic heterocycles. The van der Waals surface area contributed by atoms with Crippen molar-refractivity contribution in [3.05, 3.63) is 108 Å². The van der Waals surface area contributed by atoms with Gasteiger partial charge < -0.3 is 18.9 Å². The number of alkyl halides is 1. The Morgan fingerprint density at radius 2 is 1.28 bits per heavy atom. The SMILES string of the molecule is CO[C@H](COC(=O)c1ccccc1)[C@H](OCc1ccccc1)[C@H](F)OCc1ccccc1. The van der Waals surface area contributed by atoms with Crippen LogP contribution in [-0.2, 0) is 32.2 Å². The van der Waals surface area contributed by atoms with E-state index in [1.165, 1.54) is 7.11 Å².